The number of aromatic carboxylic acids is 1. The van der Waals surface area contributed by atoms with E-state index < -0.39 is 5.97 Å². The van der Waals surface area contributed by atoms with Crippen molar-refractivity contribution in [1.29, 1.82) is 0 Å². The Morgan fingerprint density at radius 2 is 1.94 bits per heavy atom. The van der Waals surface area contributed by atoms with Crippen LogP contribution in [0.15, 0.2) is 24.3 Å². The van der Waals surface area contributed by atoms with Gasteiger partial charge in [-0.05, 0) is 29.4 Å². The SMILES string of the molecule is CC(C)(Cc1ccccc1C(=O)O)C1CC(=O)C1. The van der Waals surface area contributed by atoms with Crippen molar-refractivity contribution in [2.24, 2.45) is 11.3 Å². The molecular weight excluding hydrogens is 228 g/mol. The molecule has 1 aromatic carbocycles. The highest BCUT2D eigenvalue weighted by molar-refractivity contribution is 5.89. The molecule has 1 aliphatic carbocycles. The fraction of sp³-hybridized carbons (Fsp3) is 0.467. The Hall–Kier alpha value is -1.64. The molecule has 0 heterocycles. The molecule has 1 fully saturated rings. The number of rotatable bonds is 4. The molecule has 1 aliphatic rings. The Bertz CT molecular complexity index is 480. The molecule has 0 spiro atoms. The normalized spacial score (nSPS) is 16.4. The van der Waals surface area contributed by atoms with Gasteiger partial charge in [0.2, 0.25) is 0 Å². The summed E-state index contributed by atoms with van der Waals surface area (Å²) in [7, 11) is 0. The predicted molar refractivity (Wildman–Crippen MR) is 68.6 cm³/mol. The molecule has 18 heavy (non-hydrogen) atoms. The summed E-state index contributed by atoms with van der Waals surface area (Å²) in [6.45, 7) is 4.23. The van der Waals surface area contributed by atoms with E-state index in [4.69, 9.17) is 5.11 Å². The van der Waals surface area contributed by atoms with E-state index in [1.54, 1.807) is 12.1 Å². The summed E-state index contributed by atoms with van der Waals surface area (Å²) in [4.78, 5) is 22.2. The zero-order valence-electron chi connectivity index (χ0n) is 10.8. The molecule has 0 saturated heterocycles. The van der Waals surface area contributed by atoms with E-state index >= 15 is 0 Å². The number of carbonyl (C=O) groups excluding carboxylic acids is 1. The Morgan fingerprint density at radius 3 is 2.50 bits per heavy atom. The van der Waals surface area contributed by atoms with E-state index in [0.29, 0.717) is 36.5 Å². The van der Waals surface area contributed by atoms with Crippen molar-refractivity contribution >= 4 is 11.8 Å². The van der Waals surface area contributed by atoms with Crippen LogP contribution in [0.1, 0.15) is 42.6 Å². The van der Waals surface area contributed by atoms with E-state index in [1.807, 2.05) is 12.1 Å². The van der Waals surface area contributed by atoms with Crippen molar-refractivity contribution in [1.82, 2.24) is 0 Å². The highest BCUT2D eigenvalue weighted by Gasteiger charge is 2.39. The van der Waals surface area contributed by atoms with Gasteiger partial charge in [0.15, 0.2) is 0 Å². The largest absolute Gasteiger partial charge is 0.478 e. The number of carboxylic acid groups (broad SMARTS) is 1. The van der Waals surface area contributed by atoms with Crippen LogP contribution < -0.4 is 0 Å². The molecule has 2 rings (SSSR count). The minimum atomic E-state index is -0.883. The molecule has 0 amide bonds. The van der Waals surface area contributed by atoms with Gasteiger partial charge in [0, 0.05) is 12.8 Å². The second-order valence-corrected chi connectivity index (χ2v) is 5.77. The van der Waals surface area contributed by atoms with Crippen LogP contribution >= 0.6 is 0 Å². The van der Waals surface area contributed by atoms with Crippen LogP contribution in [0.3, 0.4) is 0 Å². The second-order valence-electron chi connectivity index (χ2n) is 5.77. The summed E-state index contributed by atoms with van der Waals surface area (Å²) >= 11 is 0. The first-order valence-electron chi connectivity index (χ1n) is 6.23. The summed E-state index contributed by atoms with van der Waals surface area (Å²) in [5.41, 5.74) is 1.20. The molecular formula is C15H18O3. The summed E-state index contributed by atoms with van der Waals surface area (Å²) < 4.78 is 0. The number of ketones is 1. The third-order valence-electron chi connectivity index (χ3n) is 3.95. The lowest BCUT2D eigenvalue weighted by Crippen LogP contribution is -2.37. The Kier molecular flexibility index (Phi) is 3.24. The van der Waals surface area contributed by atoms with Crippen molar-refractivity contribution in [2.45, 2.75) is 33.1 Å². The maximum atomic E-state index is 11.2. The standard InChI is InChI=1S/C15H18O3/c1-15(2,11-7-12(16)8-11)9-10-5-3-4-6-13(10)14(17)18/h3-6,11H,7-9H2,1-2H3,(H,17,18). The summed E-state index contributed by atoms with van der Waals surface area (Å²) in [6, 6.07) is 7.11. The number of Topliss-reactive ketones (excluding diaryl/α,β-unsaturated/α-hetero) is 1. The molecule has 3 nitrogen and oxygen atoms in total. The van der Waals surface area contributed by atoms with E-state index in [2.05, 4.69) is 13.8 Å². The monoisotopic (exact) mass is 246 g/mol. The van der Waals surface area contributed by atoms with Crippen LogP contribution in [0, 0.1) is 11.3 Å². The van der Waals surface area contributed by atoms with Crippen molar-refractivity contribution in [2.75, 3.05) is 0 Å². The average Bonchev–Trinajstić information content (AvgIpc) is 2.24. The second kappa shape index (κ2) is 4.56. The summed E-state index contributed by atoms with van der Waals surface area (Å²) in [6.07, 6.45) is 1.98. The Balaban J connectivity index is 2.18. The van der Waals surface area contributed by atoms with Gasteiger partial charge in [0.05, 0.1) is 5.56 Å². The lowest BCUT2D eigenvalue weighted by Gasteiger charge is -2.39. The van der Waals surface area contributed by atoms with Crippen LogP contribution in [0.4, 0.5) is 0 Å². The quantitative estimate of drug-likeness (QED) is 0.888. The van der Waals surface area contributed by atoms with Crippen LogP contribution in [0.5, 0.6) is 0 Å². The van der Waals surface area contributed by atoms with Crippen LogP contribution in [0.2, 0.25) is 0 Å². The molecule has 3 heteroatoms. The van der Waals surface area contributed by atoms with Gasteiger partial charge in [-0.1, -0.05) is 32.0 Å². The number of hydrogen-bond acceptors (Lipinski definition) is 2. The molecule has 0 atom stereocenters. The van der Waals surface area contributed by atoms with Crippen molar-refractivity contribution in [3.63, 3.8) is 0 Å². The third-order valence-corrected chi connectivity index (χ3v) is 3.95. The van der Waals surface area contributed by atoms with Crippen LogP contribution in [0.25, 0.3) is 0 Å². The zero-order chi connectivity index (χ0) is 13.3. The summed E-state index contributed by atoms with van der Waals surface area (Å²) in [5.74, 6) is -0.183. The van der Waals surface area contributed by atoms with Gasteiger partial charge in [-0.2, -0.15) is 0 Å². The fourth-order valence-corrected chi connectivity index (χ4v) is 2.56. The summed E-state index contributed by atoms with van der Waals surface area (Å²) in [5, 5.41) is 9.16. The van der Waals surface area contributed by atoms with Gasteiger partial charge < -0.3 is 5.11 Å². The third kappa shape index (κ3) is 2.45. The molecule has 1 saturated carbocycles. The first kappa shape index (κ1) is 12.8. The maximum Gasteiger partial charge on any atom is 0.335 e. The van der Waals surface area contributed by atoms with E-state index in [9.17, 15) is 9.59 Å². The number of benzene rings is 1. The van der Waals surface area contributed by atoms with Gasteiger partial charge in [0.25, 0.3) is 0 Å². The fourth-order valence-electron chi connectivity index (χ4n) is 2.56. The number of hydrogen-bond donors (Lipinski definition) is 1. The highest BCUT2D eigenvalue weighted by Crippen LogP contribution is 2.42. The minimum Gasteiger partial charge on any atom is -0.478 e. The smallest absolute Gasteiger partial charge is 0.335 e. The Labute approximate surface area is 107 Å². The lowest BCUT2D eigenvalue weighted by atomic mass is 9.64. The number of carboxylic acids is 1. The van der Waals surface area contributed by atoms with Crippen molar-refractivity contribution in [3.05, 3.63) is 35.4 Å². The van der Waals surface area contributed by atoms with Crippen molar-refractivity contribution < 1.29 is 14.7 Å². The minimum absolute atomic E-state index is 0.0283. The topological polar surface area (TPSA) is 54.4 Å². The van der Waals surface area contributed by atoms with Gasteiger partial charge in [-0.15, -0.1) is 0 Å². The first-order chi connectivity index (χ1) is 8.40. The average molecular weight is 246 g/mol. The predicted octanol–water partition coefficient (Wildman–Crippen LogP) is 2.93. The van der Waals surface area contributed by atoms with Gasteiger partial charge in [-0.3, -0.25) is 4.79 Å². The lowest BCUT2D eigenvalue weighted by molar-refractivity contribution is -0.130. The van der Waals surface area contributed by atoms with E-state index in [-0.39, 0.29) is 5.41 Å². The highest BCUT2D eigenvalue weighted by atomic mass is 16.4. The van der Waals surface area contributed by atoms with Crippen LogP contribution in [-0.4, -0.2) is 16.9 Å². The molecule has 0 aliphatic heterocycles. The Morgan fingerprint density at radius 1 is 1.33 bits per heavy atom. The first-order valence-corrected chi connectivity index (χ1v) is 6.23. The molecule has 1 aromatic rings. The molecule has 96 valence electrons. The van der Waals surface area contributed by atoms with Gasteiger partial charge in [-0.25, -0.2) is 4.79 Å². The van der Waals surface area contributed by atoms with Gasteiger partial charge >= 0.3 is 5.97 Å². The van der Waals surface area contributed by atoms with Crippen LogP contribution in [-0.2, 0) is 11.2 Å². The zero-order valence-corrected chi connectivity index (χ0v) is 10.8. The maximum absolute atomic E-state index is 11.2. The molecule has 1 N–H and O–H groups in total. The van der Waals surface area contributed by atoms with Gasteiger partial charge in [0.1, 0.15) is 5.78 Å². The van der Waals surface area contributed by atoms with E-state index in [0.717, 1.165) is 5.56 Å². The molecule has 0 unspecified atom stereocenters. The van der Waals surface area contributed by atoms with E-state index in [1.165, 1.54) is 0 Å². The molecule has 0 aromatic heterocycles. The molecule has 0 radical (unpaired) electrons. The molecule has 0 bridgehead atoms. The van der Waals surface area contributed by atoms with Crippen molar-refractivity contribution in [3.8, 4) is 0 Å². The number of carbonyl (C=O) groups is 2.